The molecule has 3 heterocycles. The van der Waals surface area contributed by atoms with Gasteiger partial charge in [0.05, 0.1) is 5.69 Å². The number of para-hydroxylation sites is 2. The van der Waals surface area contributed by atoms with Crippen LogP contribution in [0.1, 0.15) is 89.1 Å². The normalized spacial score (nSPS) is 16.9. The minimum absolute atomic E-state index is 0.0554. The number of aryl methyl sites for hydroxylation is 2. The molecule has 2 nitrogen and oxygen atoms in total. The van der Waals surface area contributed by atoms with Crippen molar-refractivity contribution in [1.82, 2.24) is 0 Å². The average molecular weight is 671 g/mol. The van der Waals surface area contributed by atoms with E-state index >= 15 is 0 Å². The summed E-state index contributed by atoms with van der Waals surface area (Å²) in [6.07, 6.45) is 2.40. The topological polar surface area (TPSA) is 6.48 Å². The SMILES string of the molecule is Cc1cc2c3c(c1)N(c1ccccc1)c1c(sc4ccc(C(C)(C)C)cc14)B3c1cc3c(cc1N2c1ccccc1C)C(C)(C)CCC3(C)C. The van der Waals surface area contributed by atoms with E-state index in [-0.39, 0.29) is 23.0 Å². The first kappa shape index (κ1) is 31.7. The summed E-state index contributed by atoms with van der Waals surface area (Å²) in [7, 11) is 0. The van der Waals surface area contributed by atoms with Crippen molar-refractivity contribution in [3.63, 3.8) is 0 Å². The predicted octanol–water partition coefficient (Wildman–Crippen LogP) is 11.2. The van der Waals surface area contributed by atoms with Gasteiger partial charge in [-0.2, -0.15) is 0 Å². The van der Waals surface area contributed by atoms with Crippen LogP contribution in [-0.2, 0) is 16.2 Å². The van der Waals surface area contributed by atoms with E-state index in [1.807, 2.05) is 11.3 Å². The van der Waals surface area contributed by atoms with Crippen molar-refractivity contribution in [2.24, 2.45) is 0 Å². The molecule has 0 fully saturated rings. The first-order valence-corrected chi connectivity index (χ1v) is 19.2. The summed E-state index contributed by atoms with van der Waals surface area (Å²) in [5.74, 6) is 0. The van der Waals surface area contributed by atoms with Gasteiger partial charge in [-0.1, -0.05) is 97.0 Å². The van der Waals surface area contributed by atoms with Crippen LogP contribution in [0.25, 0.3) is 10.1 Å². The van der Waals surface area contributed by atoms with Crippen molar-refractivity contribution in [3.8, 4) is 0 Å². The van der Waals surface area contributed by atoms with Crippen LogP contribution < -0.4 is 25.5 Å². The zero-order chi connectivity index (χ0) is 34.9. The molecule has 50 heavy (non-hydrogen) atoms. The molecular weight excluding hydrogens is 623 g/mol. The summed E-state index contributed by atoms with van der Waals surface area (Å²) in [5.41, 5.74) is 17.9. The van der Waals surface area contributed by atoms with Crippen LogP contribution in [0.15, 0.2) is 97.1 Å². The molecule has 0 atom stereocenters. The quantitative estimate of drug-likeness (QED) is 0.169. The number of hydrogen-bond donors (Lipinski definition) is 0. The van der Waals surface area contributed by atoms with Crippen molar-refractivity contribution in [1.29, 1.82) is 0 Å². The Morgan fingerprint density at radius 2 is 1.30 bits per heavy atom. The lowest BCUT2D eigenvalue weighted by Crippen LogP contribution is -2.61. The molecule has 9 rings (SSSR count). The molecular formula is C46H47BN2S. The number of anilines is 6. The summed E-state index contributed by atoms with van der Waals surface area (Å²) in [5, 5.41) is 1.36. The largest absolute Gasteiger partial charge is 0.311 e. The molecule has 4 heteroatoms. The molecule has 6 aromatic rings. The monoisotopic (exact) mass is 670 g/mol. The zero-order valence-corrected chi connectivity index (χ0v) is 31.8. The number of fused-ring (bicyclic) bond motifs is 7. The maximum atomic E-state index is 2.65. The highest BCUT2D eigenvalue weighted by molar-refractivity contribution is 7.33. The highest BCUT2D eigenvalue weighted by atomic mass is 32.1. The van der Waals surface area contributed by atoms with E-state index in [0.29, 0.717) is 0 Å². The van der Waals surface area contributed by atoms with Crippen LogP contribution in [0.4, 0.5) is 34.1 Å². The fourth-order valence-corrected chi connectivity index (χ4v) is 10.4. The van der Waals surface area contributed by atoms with Crippen LogP contribution in [0.5, 0.6) is 0 Å². The van der Waals surface area contributed by atoms with Gasteiger partial charge < -0.3 is 9.80 Å². The summed E-state index contributed by atoms with van der Waals surface area (Å²) in [6.45, 7) is 21.5. The molecule has 0 saturated heterocycles. The fraction of sp³-hybridized carbons (Fsp3) is 0.304. The lowest BCUT2D eigenvalue weighted by molar-refractivity contribution is 0.332. The van der Waals surface area contributed by atoms with Gasteiger partial charge in [-0.3, -0.25) is 0 Å². The molecule has 1 aliphatic carbocycles. The first-order chi connectivity index (χ1) is 23.7. The van der Waals surface area contributed by atoms with Crippen LogP contribution in [0.2, 0.25) is 0 Å². The van der Waals surface area contributed by atoms with Gasteiger partial charge in [0, 0.05) is 43.3 Å². The van der Waals surface area contributed by atoms with Crippen LogP contribution in [0, 0.1) is 13.8 Å². The second-order valence-corrected chi connectivity index (χ2v) is 18.5. The molecule has 250 valence electrons. The number of rotatable bonds is 2. The average Bonchev–Trinajstić information content (AvgIpc) is 3.45. The maximum absolute atomic E-state index is 2.65. The third kappa shape index (κ3) is 4.53. The van der Waals surface area contributed by atoms with Crippen LogP contribution >= 0.6 is 11.3 Å². The Bertz CT molecular complexity index is 2360. The number of benzene rings is 5. The summed E-state index contributed by atoms with van der Waals surface area (Å²) in [4.78, 5) is 5.21. The minimum Gasteiger partial charge on any atom is -0.311 e. The lowest BCUT2D eigenvalue weighted by atomic mass is 9.35. The molecule has 2 aliphatic heterocycles. The number of hydrogen-bond acceptors (Lipinski definition) is 3. The molecule has 0 N–H and O–H groups in total. The second kappa shape index (κ2) is 10.6. The standard InChI is InChI=1S/C46H47BN2S/c1-28-23-38-41-39(24-28)49(36-18-14-13-15-29(36)2)37-27-34-33(45(6,7)21-22-46(34,8)9)26-35(37)47(41)43-42(48(38)31-16-11-10-12-17-31)32-25-30(44(3,4)5)19-20-40(32)50-43/h10-20,23-27H,21-22H2,1-9H3. The third-order valence-electron chi connectivity index (χ3n) is 12.0. The molecule has 0 amide bonds. The molecule has 0 spiro atoms. The lowest BCUT2D eigenvalue weighted by Gasteiger charge is -2.47. The molecule has 0 bridgehead atoms. The Kier molecular flexibility index (Phi) is 6.73. The number of nitrogens with zero attached hydrogens (tertiary/aromatic N) is 2. The molecule has 3 aliphatic rings. The Balaban J connectivity index is 1.45. The van der Waals surface area contributed by atoms with Gasteiger partial charge in [0.25, 0.3) is 6.71 Å². The Morgan fingerprint density at radius 1 is 0.660 bits per heavy atom. The van der Waals surface area contributed by atoms with Gasteiger partial charge in [0.15, 0.2) is 0 Å². The Labute approximate surface area is 302 Å². The third-order valence-corrected chi connectivity index (χ3v) is 13.2. The highest BCUT2D eigenvalue weighted by Crippen LogP contribution is 2.52. The Hall–Kier alpha value is -4.28. The van der Waals surface area contributed by atoms with E-state index < -0.39 is 0 Å². The van der Waals surface area contributed by atoms with Gasteiger partial charge in [-0.25, -0.2) is 0 Å². The first-order valence-electron chi connectivity index (χ1n) is 18.4. The van der Waals surface area contributed by atoms with E-state index in [4.69, 9.17) is 0 Å². The van der Waals surface area contributed by atoms with Crippen molar-refractivity contribution in [2.45, 2.75) is 91.4 Å². The summed E-state index contributed by atoms with van der Waals surface area (Å²) in [6, 6.07) is 37.4. The molecule has 0 saturated carbocycles. The zero-order valence-electron chi connectivity index (χ0n) is 31.0. The van der Waals surface area contributed by atoms with Gasteiger partial charge in [-0.15, -0.1) is 11.3 Å². The molecule has 0 unspecified atom stereocenters. The van der Waals surface area contributed by atoms with E-state index in [2.05, 4.69) is 169 Å². The van der Waals surface area contributed by atoms with Crippen molar-refractivity contribution < 1.29 is 0 Å². The molecule has 5 aromatic carbocycles. The molecule has 0 radical (unpaired) electrons. The van der Waals surface area contributed by atoms with Crippen LogP contribution in [0.3, 0.4) is 0 Å². The number of thiophene rings is 1. The molecule has 1 aromatic heterocycles. The van der Waals surface area contributed by atoms with Gasteiger partial charge >= 0.3 is 0 Å². The van der Waals surface area contributed by atoms with E-state index in [1.165, 1.54) is 101 Å². The smallest absolute Gasteiger partial charge is 0.264 e. The summed E-state index contributed by atoms with van der Waals surface area (Å²) >= 11 is 2.00. The second-order valence-electron chi connectivity index (χ2n) is 17.4. The van der Waals surface area contributed by atoms with Gasteiger partial charge in [0.1, 0.15) is 0 Å². The highest BCUT2D eigenvalue weighted by Gasteiger charge is 2.47. The summed E-state index contributed by atoms with van der Waals surface area (Å²) < 4.78 is 2.81. The van der Waals surface area contributed by atoms with Crippen molar-refractivity contribution in [3.05, 3.63) is 125 Å². The Morgan fingerprint density at radius 3 is 1.98 bits per heavy atom. The van der Waals surface area contributed by atoms with Gasteiger partial charge in [0.2, 0.25) is 0 Å². The van der Waals surface area contributed by atoms with Crippen molar-refractivity contribution >= 4 is 78.0 Å². The minimum atomic E-state index is 0.0554. The predicted molar refractivity (Wildman–Crippen MR) is 219 cm³/mol. The van der Waals surface area contributed by atoms with E-state index in [1.54, 1.807) is 0 Å². The van der Waals surface area contributed by atoms with Crippen LogP contribution in [-0.4, -0.2) is 6.71 Å². The van der Waals surface area contributed by atoms with E-state index in [9.17, 15) is 0 Å². The maximum Gasteiger partial charge on any atom is 0.264 e. The fourth-order valence-electron chi connectivity index (χ4n) is 9.06. The van der Waals surface area contributed by atoms with Crippen molar-refractivity contribution in [2.75, 3.05) is 9.80 Å². The van der Waals surface area contributed by atoms with E-state index in [0.717, 1.165) is 0 Å². The van der Waals surface area contributed by atoms with Gasteiger partial charge in [-0.05, 0) is 130 Å².